The summed E-state index contributed by atoms with van der Waals surface area (Å²) in [5, 5.41) is 2.76. The molecule has 0 fully saturated rings. The van der Waals surface area contributed by atoms with Gasteiger partial charge in [-0.3, -0.25) is 9.78 Å². The van der Waals surface area contributed by atoms with Gasteiger partial charge in [0.1, 0.15) is 0 Å². The molecule has 1 aromatic rings. The third kappa shape index (κ3) is 3.47. The van der Waals surface area contributed by atoms with Crippen molar-refractivity contribution in [3.8, 4) is 0 Å². The number of nitrogens with zero attached hydrogens (tertiary/aromatic N) is 1. The molecule has 0 spiro atoms. The van der Waals surface area contributed by atoms with Crippen LogP contribution in [0.2, 0.25) is 0 Å². The van der Waals surface area contributed by atoms with Gasteiger partial charge in [0.05, 0.1) is 11.6 Å². The van der Waals surface area contributed by atoms with Crippen molar-refractivity contribution in [3.63, 3.8) is 0 Å². The topological polar surface area (TPSA) is 68.0 Å². The van der Waals surface area contributed by atoms with Crippen LogP contribution in [0.4, 0.5) is 0 Å². The second-order valence-corrected chi connectivity index (χ2v) is 3.42. The van der Waals surface area contributed by atoms with Crippen LogP contribution in [0, 0.1) is 0 Å². The van der Waals surface area contributed by atoms with Gasteiger partial charge in [-0.05, 0) is 25.1 Å². The van der Waals surface area contributed by atoms with E-state index in [1.807, 2.05) is 18.2 Å². The average molecular weight is 219 g/mol. The normalized spacial score (nSPS) is 11.8. The molecule has 0 radical (unpaired) electrons. The van der Waals surface area contributed by atoms with E-state index in [4.69, 9.17) is 5.73 Å². The number of carbonyl (C=O) groups is 1. The molecule has 86 valence electrons. The summed E-state index contributed by atoms with van der Waals surface area (Å²) in [4.78, 5) is 16.0. The monoisotopic (exact) mass is 219 g/mol. The maximum Gasteiger partial charge on any atom is 0.229 e. The lowest BCUT2D eigenvalue weighted by molar-refractivity contribution is -0.122. The number of hydrogen-bond acceptors (Lipinski definition) is 3. The van der Waals surface area contributed by atoms with Crippen molar-refractivity contribution in [1.82, 2.24) is 10.3 Å². The molecule has 16 heavy (non-hydrogen) atoms. The second kappa shape index (κ2) is 6.74. The van der Waals surface area contributed by atoms with Crippen molar-refractivity contribution in [2.75, 3.05) is 13.1 Å². The first kappa shape index (κ1) is 12.4. The fourth-order valence-electron chi connectivity index (χ4n) is 1.46. The molecule has 4 heteroatoms. The molecule has 0 aliphatic heterocycles. The third-order valence-electron chi connectivity index (χ3n) is 2.24. The summed E-state index contributed by atoms with van der Waals surface area (Å²) < 4.78 is 0. The largest absolute Gasteiger partial charge is 0.352 e. The van der Waals surface area contributed by atoms with Gasteiger partial charge in [0.25, 0.3) is 0 Å². The van der Waals surface area contributed by atoms with Crippen molar-refractivity contribution >= 4 is 5.91 Å². The zero-order valence-corrected chi connectivity index (χ0v) is 9.23. The van der Waals surface area contributed by atoms with Crippen LogP contribution in [0.15, 0.2) is 37.1 Å². The predicted molar refractivity (Wildman–Crippen MR) is 63.9 cm³/mol. The minimum atomic E-state index is -0.272. The number of amides is 1. The smallest absolute Gasteiger partial charge is 0.229 e. The SMILES string of the molecule is C=CCNC(=O)C(CCN)c1ccccn1. The second-order valence-electron chi connectivity index (χ2n) is 3.42. The van der Waals surface area contributed by atoms with Gasteiger partial charge in [-0.15, -0.1) is 6.58 Å². The standard InChI is InChI=1S/C12H17N3O/c1-2-8-15-12(16)10(6-7-13)11-5-3-4-9-14-11/h2-5,9-10H,1,6-8,13H2,(H,15,16). The first-order valence-corrected chi connectivity index (χ1v) is 5.29. The Balaban J connectivity index is 2.74. The van der Waals surface area contributed by atoms with Crippen LogP contribution >= 0.6 is 0 Å². The Morgan fingerprint density at radius 3 is 3.00 bits per heavy atom. The highest BCUT2D eigenvalue weighted by molar-refractivity contribution is 5.83. The minimum absolute atomic E-state index is 0.0518. The zero-order chi connectivity index (χ0) is 11.8. The average Bonchev–Trinajstić information content (AvgIpc) is 2.34. The molecule has 1 rings (SSSR count). The predicted octanol–water partition coefficient (Wildman–Crippen LogP) is 0.816. The molecule has 0 saturated heterocycles. The first-order chi connectivity index (χ1) is 7.79. The van der Waals surface area contributed by atoms with Gasteiger partial charge < -0.3 is 11.1 Å². The van der Waals surface area contributed by atoms with Crippen molar-refractivity contribution < 1.29 is 4.79 Å². The minimum Gasteiger partial charge on any atom is -0.352 e. The van der Waals surface area contributed by atoms with E-state index >= 15 is 0 Å². The van der Waals surface area contributed by atoms with Crippen LogP contribution in [-0.2, 0) is 4.79 Å². The summed E-state index contributed by atoms with van der Waals surface area (Å²) in [6.45, 7) is 4.48. The summed E-state index contributed by atoms with van der Waals surface area (Å²) in [5.74, 6) is -0.324. The Bertz CT molecular complexity index is 337. The van der Waals surface area contributed by atoms with Crippen LogP contribution in [-0.4, -0.2) is 24.0 Å². The number of nitrogens with two attached hydrogens (primary N) is 1. The summed E-state index contributed by atoms with van der Waals surface area (Å²) >= 11 is 0. The summed E-state index contributed by atoms with van der Waals surface area (Å²) in [6, 6.07) is 5.53. The number of carbonyl (C=O) groups excluding carboxylic acids is 1. The summed E-state index contributed by atoms with van der Waals surface area (Å²) in [7, 11) is 0. The highest BCUT2D eigenvalue weighted by Crippen LogP contribution is 2.16. The van der Waals surface area contributed by atoms with Crippen LogP contribution in [0.3, 0.4) is 0 Å². The van der Waals surface area contributed by atoms with Crippen LogP contribution in [0.5, 0.6) is 0 Å². The van der Waals surface area contributed by atoms with Crippen LogP contribution < -0.4 is 11.1 Å². The van der Waals surface area contributed by atoms with Crippen molar-refractivity contribution in [2.45, 2.75) is 12.3 Å². The Hall–Kier alpha value is -1.68. The molecule has 0 saturated carbocycles. The number of hydrogen-bond donors (Lipinski definition) is 2. The molecule has 0 aliphatic carbocycles. The van der Waals surface area contributed by atoms with Gasteiger partial charge in [0.2, 0.25) is 5.91 Å². The Morgan fingerprint density at radius 2 is 2.44 bits per heavy atom. The summed E-state index contributed by atoms with van der Waals surface area (Å²) in [5.41, 5.74) is 6.26. The van der Waals surface area contributed by atoms with Crippen molar-refractivity contribution in [3.05, 3.63) is 42.7 Å². The van der Waals surface area contributed by atoms with Gasteiger partial charge in [0.15, 0.2) is 0 Å². The maximum atomic E-state index is 11.8. The number of rotatable bonds is 6. The third-order valence-corrected chi connectivity index (χ3v) is 2.24. The molecule has 0 bridgehead atoms. The van der Waals surface area contributed by atoms with E-state index in [1.54, 1.807) is 12.3 Å². The van der Waals surface area contributed by atoms with Gasteiger partial charge in [-0.2, -0.15) is 0 Å². The molecule has 1 heterocycles. The molecule has 4 nitrogen and oxygen atoms in total. The fourth-order valence-corrected chi connectivity index (χ4v) is 1.46. The zero-order valence-electron chi connectivity index (χ0n) is 9.23. The Kier molecular flexibility index (Phi) is 5.22. The fraction of sp³-hybridized carbons (Fsp3) is 0.333. The van der Waals surface area contributed by atoms with Crippen LogP contribution in [0.1, 0.15) is 18.0 Å². The van der Waals surface area contributed by atoms with Gasteiger partial charge in [-0.1, -0.05) is 12.1 Å². The van der Waals surface area contributed by atoms with E-state index in [0.717, 1.165) is 5.69 Å². The first-order valence-electron chi connectivity index (χ1n) is 5.29. The van der Waals surface area contributed by atoms with Gasteiger partial charge in [-0.25, -0.2) is 0 Å². The van der Waals surface area contributed by atoms with Crippen molar-refractivity contribution in [2.24, 2.45) is 5.73 Å². The number of aromatic nitrogens is 1. The highest BCUT2D eigenvalue weighted by Gasteiger charge is 2.19. The van der Waals surface area contributed by atoms with Gasteiger partial charge in [0, 0.05) is 12.7 Å². The van der Waals surface area contributed by atoms with Crippen LogP contribution in [0.25, 0.3) is 0 Å². The van der Waals surface area contributed by atoms with Crippen molar-refractivity contribution in [1.29, 1.82) is 0 Å². The molecular weight excluding hydrogens is 202 g/mol. The molecule has 1 atom stereocenters. The molecule has 1 aromatic heterocycles. The number of pyridine rings is 1. The van der Waals surface area contributed by atoms with E-state index < -0.39 is 0 Å². The van der Waals surface area contributed by atoms with E-state index in [9.17, 15) is 4.79 Å². The highest BCUT2D eigenvalue weighted by atomic mass is 16.1. The molecule has 1 amide bonds. The quantitative estimate of drug-likeness (QED) is 0.696. The summed E-state index contributed by atoms with van der Waals surface area (Å²) in [6.07, 6.45) is 3.93. The maximum absolute atomic E-state index is 11.8. The lowest BCUT2D eigenvalue weighted by atomic mass is 10.00. The van der Waals surface area contributed by atoms with Gasteiger partial charge >= 0.3 is 0 Å². The molecule has 1 unspecified atom stereocenters. The van der Waals surface area contributed by atoms with E-state index in [1.165, 1.54) is 0 Å². The van der Waals surface area contributed by atoms with E-state index in [-0.39, 0.29) is 11.8 Å². The lowest BCUT2D eigenvalue weighted by Crippen LogP contribution is -2.31. The van der Waals surface area contributed by atoms with E-state index in [2.05, 4.69) is 16.9 Å². The molecule has 0 aromatic carbocycles. The number of nitrogens with one attached hydrogen (secondary N) is 1. The van der Waals surface area contributed by atoms with E-state index in [0.29, 0.717) is 19.5 Å². The molecular formula is C12H17N3O. The molecule has 0 aliphatic rings. The Morgan fingerprint density at radius 1 is 1.62 bits per heavy atom. The molecule has 3 N–H and O–H groups in total. The Labute approximate surface area is 95.6 Å². The lowest BCUT2D eigenvalue weighted by Gasteiger charge is -2.14.